The lowest BCUT2D eigenvalue weighted by Crippen LogP contribution is -2.28. The summed E-state index contributed by atoms with van der Waals surface area (Å²) in [6, 6.07) is 121. The first kappa shape index (κ1) is 67.2. The Kier molecular flexibility index (Phi) is 17.3. The molecular formula is C106H88. The maximum absolute atomic E-state index is 2.41. The summed E-state index contributed by atoms with van der Waals surface area (Å²) in [5.41, 5.74) is 38.0. The Morgan fingerprint density at radius 3 is 0.811 bits per heavy atom. The van der Waals surface area contributed by atoms with Crippen LogP contribution in [-0.4, -0.2) is 0 Å². The number of benzene rings is 17. The summed E-state index contributed by atoms with van der Waals surface area (Å²) in [6.45, 7) is 21.7. The van der Waals surface area contributed by atoms with Crippen LogP contribution in [0.2, 0.25) is 0 Å². The molecule has 17 aromatic carbocycles. The quantitative estimate of drug-likeness (QED) is 0.151. The molecule has 21 rings (SSSR count). The van der Waals surface area contributed by atoms with Crippen LogP contribution in [0.15, 0.2) is 328 Å². The van der Waals surface area contributed by atoms with Crippen LogP contribution in [0.25, 0.3) is 98.4 Å². The molecule has 0 saturated heterocycles. The average Bonchev–Trinajstić information content (AvgIpc) is 1.51. The summed E-state index contributed by atoms with van der Waals surface area (Å²) >= 11 is 0. The third-order valence-electron chi connectivity index (χ3n) is 23.0. The van der Waals surface area contributed by atoms with E-state index in [1.165, 1.54) is 222 Å². The molecule has 0 heterocycles. The molecule has 0 bridgehead atoms. The monoisotopic (exact) mass is 1360 g/mol. The molecule has 0 aromatic heterocycles. The molecule has 106 heavy (non-hydrogen) atoms. The maximum Gasteiger partial charge on any atom is 0.0725 e. The van der Waals surface area contributed by atoms with Crippen molar-refractivity contribution in [2.45, 2.75) is 92.9 Å². The highest BCUT2D eigenvalue weighted by molar-refractivity contribution is 6.25. The Labute approximate surface area is 626 Å². The molecule has 0 saturated carbocycles. The number of rotatable bonds is 2. The van der Waals surface area contributed by atoms with E-state index in [4.69, 9.17) is 0 Å². The third kappa shape index (κ3) is 11.5. The predicted molar refractivity (Wildman–Crippen MR) is 454 cm³/mol. The van der Waals surface area contributed by atoms with Crippen molar-refractivity contribution in [2.24, 2.45) is 0 Å². The molecule has 0 heteroatoms. The highest BCUT2D eigenvalue weighted by atomic mass is 14.5. The minimum absolute atomic E-state index is 0.199. The summed E-state index contributed by atoms with van der Waals surface area (Å²) < 4.78 is 0. The van der Waals surface area contributed by atoms with Gasteiger partial charge in [0.1, 0.15) is 0 Å². The number of hydrogen-bond acceptors (Lipinski definition) is 0. The molecule has 0 nitrogen and oxygen atoms in total. The van der Waals surface area contributed by atoms with Crippen molar-refractivity contribution in [3.05, 3.63) is 439 Å². The van der Waals surface area contributed by atoms with Crippen molar-refractivity contribution >= 4 is 53.9 Å². The Balaban J connectivity index is 0.0000000993. The summed E-state index contributed by atoms with van der Waals surface area (Å²) in [4.78, 5) is 0. The highest BCUT2D eigenvalue weighted by Gasteiger charge is 2.52. The van der Waals surface area contributed by atoms with Crippen molar-refractivity contribution < 1.29 is 0 Å². The lowest BCUT2D eigenvalue weighted by atomic mass is 9.67. The largest absolute Gasteiger partial charge is 0.0725 e. The van der Waals surface area contributed by atoms with E-state index in [2.05, 4.69) is 397 Å². The molecule has 512 valence electrons. The van der Waals surface area contributed by atoms with Gasteiger partial charge in [0.05, 0.1) is 10.8 Å². The van der Waals surface area contributed by atoms with Gasteiger partial charge in [-0.2, -0.15) is 0 Å². The molecule has 0 fully saturated rings. The fourth-order valence-electron chi connectivity index (χ4n) is 18.2. The Morgan fingerprint density at radius 1 is 0.170 bits per heavy atom. The van der Waals surface area contributed by atoms with E-state index in [1.807, 2.05) is 0 Å². The number of aryl methyl sites for hydroxylation is 12. The van der Waals surface area contributed by atoms with Gasteiger partial charge in [0.25, 0.3) is 0 Å². The number of hydrogen-bond donors (Lipinski definition) is 0. The van der Waals surface area contributed by atoms with Gasteiger partial charge in [0, 0.05) is 0 Å². The minimum Gasteiger partial charge on any atom is -0.0622 e. The minimum atomic E-state index is -0.273. The van der Waals surface area contributed by atoms with Crippen LogP contribution in [0, 0.1) is 69.2 Å². The lowest BCUT2D eigenvalue weighted by molar-refractivity contribution is 0.766. The second kappa shape index (κ2) is 27.3. The summed E-state index contributed by atoms with van der Waals surface area (Å²) in [6.07, 6.45) is 2.38. The zero-order valence-electron chi connectivity index (χ0n) is 62.6. The highest BCUT2D eigenvalue weighted by Crippen LogP contribution is 2.63. The Morgan fingerprint density at radius 2 is 0.434 bits per heavy atom. The van der Waals surface area contributed by atoms with Gasteiger partial charge < -0.3 is 0 Å². The van der Waals surface area contributed by atoms with Crippen molar-refractivity contribution in [3.63, 3.8) is 0 Å². The predicted octanol–water partition coefficient (Wildman–Crippen LogP) is 27.8. The van der Waals surface area contributed by atoms with Gasteiger partial charge in [-0.3, -0.25) is 0 Å². The fourth-order valence-corrected chi connectivity index (χ4v) is 18.2. The van der Waals surface area contributed by atoms with Crippen molar-refractivity contribution in [1.82, 2.24) is 0 Å². The Hall–Kier alpha value is -12.0. The van der Waals surface area contributed by atoms with Crippen molar-refractivity contribution in [3.8, 4) is 44.5 Å². The van der Waals surface area contributed by atoms with Gasteiger partial charge in [-0.25, -0.2) is 0 Å². The lowest BCUT2D eigenvalue weighted by Gasteiger charge is -2.34. The van der Waals surface area contributed by atoms with Crippen LogP contribution in [-0.2, 0) is 23.7 Å². The van der Waals surface area contributed by atoms with Gasteiger partial charge in [0.2, 0.25) is 0 Å². The molecule has 0 aliphatic heterocycles. The topological polar surface area (TPSA) is 0 Å². The van der Waals surface area contributed by atoms with Crippen molar-refractivity contribution in [2.75, 3.05) is 0 Å². The molecular weight excluding hydrogens is 1270 g/mol. The molecule has 17 aromatic rings. The molecule has 1 spiro atoms. The van der Waals surface area contributed by atoms with E-state index in [9.17, 15) is 0 Å². The summed E-state index contributed by atoms with van der Waals surface area (Å²) in [5, 5.41) is 13.5. The molecule has 4 aliphatic rings. The van der Waals surface area contributed by atoms with Crippen LogP contribution >= 0.6 is 0 Å². The van der Waals surface area contributed by atoms with E-state index in [0.717, 1.165) is 0 Å². The zero-order valence-corrected chi connectivity index (χ0v) is 62.6. The standard InChI is InChI=1S/C27H20.C27H22.C20H16.C16H16.C16H14/c1-17-11-13-21-22-14-12-18(2)16-26(22)27(25(21)15-17)23-9-5-3-7-19(23)20-8-4-6-10-24(20)27;1-19-13-15-23-24-16-14-20(2)18-26(24)27(25(23)17-19,21-9-5-3-6-10-21)22-11-7-4-8-12-22;1-13-7-9-17-15-5-3-4-6-16(15)18-10-8-14(2)12-20(18)19(17)11-13;2*1-11-3-7-15-13(9-11)5-6-14-10-12(2)4-8-16(14)15/h3-16H,1-2H3;3-18H,1-2H3;3-12H,1-2H3;3-4,7-10H,5-6H2,1-2H3;3-10H,1-2H3. The number of fused-ring (bicyclic) bond motifs is 25. The van der Waals surface area contributed by atoms with Crippen LogP contribution in [0.4, 0.5) is 0 Å². The Bertz CT molecular complexity index is 5830. The first-order valence-corrected chi connectivity index (χ1v) is 37.8. The van der Waals surface area contributed by atoms with Crippen molar-refractivity contribution in [1.29, 1.82) is 0 Å². The van der Waals surface area contributed by atoms with Gasteiger partial charge in [-0.05, 0) is 236 Å². The molecule has 0 unspecified atom stereocenters. The summed E-state index contributed by atoms with van der Waals surface area (Å²) in [7, 11) is 0. The van der Waals surface area contributed by atoms with Crippen LogP contribution in [0.3, 0.4) is 0 Å². The van der Waals surface area contributed by atoms with E-state index < -0.39 is 0 Å². The van der Waals surface area contributed by atoms with Gasteiger partial charge in [-0.15, -0.1) is 0 Å². The van der Waals surface area contributed by atoms with Gasteiger partial charge >= 0.3 is 0 Å². The SMILES string of the molecule is Cc1ccc2c(c1)C(c1ccccc1)(c1ccccc1)c1cc(C)ccc1-2.Cc1ccc2c(c1)C1(c3ccccc3-c3ccccc31)c1cc(C)ccc1-2.Cc1ccc2c(c1)CCc1cc(C)ccc1-2.Cc1ccc2c(ccc3cc(C)ccc32)c1.Cc1ccc2c3ccccc3c3ccc(C)cc3c2c1. The van der Waals surface area contributed by atoms with Gasteiger partial charge in [-0.1, -0.05) is 383 Å². The fraction of sp³-hybridized carbons (Fsp3) is 0.132. The maximum atomic E-state index is 2.41. The van der Waals surface area contributed by atoms with E-state index in [1.54, 1.807) is 0 Å². The zero-order chi connectivity index (χ0) is 72.5. The molecule has 4 aliphatic carbocycles. The average molecular weight is 1360 g/mol. The van der Waals surface area contributed by atoms with E-state index >= 15 is 0 Å². The molecule has 0 N–H and O–H groups in total. The third-order valence-corrected chi connectivity index (χ3v) is 23.0. The van der Waals surface area contributed by atoms with Gasteiger partial charge in [0.15, 0.2) is 0 Å². The van der Waals surface area contributed by atoms with Crippen LogP contribution < -0.4 is 0 Å². The smallest absolute Gasteiger partial charge is 0.0622 e. The second-order valence-electron chi connectivity index (χ2n) is 30.5. The first-order valence-electron chi connectivity index (χ1n) is 37.8. The molecule has 0 amide bonds. The normalized spacial score (nSPS) is 13.1. The summed E-state index contributed by atoms with van der Waals surface area (Å²) in [5.74, 6) is 0. The van der Waals surface area contributed by atoms with E-state index in [0.29, 0.717) is 0 Å². The van der Waals surface area contributed by atoms with E-state index in [-0.39, 0.29) is 10.8 Å². The van der Waals surface area contributed by atoms with Crippen LogP contribution in [0.5, 0.6) is 0 Å². The second-order valence-corrected chi connectivity index (χ2v) is 30.5. The molecule has 0 atom stereocenters. The molecule has 0 radical (unpaired) electrons. The first-order chi connectivity index (χ1) is 51.6. The van der Waals surface area contributed by atoms with Crippen LogP contribution in [0.1, 0.15) is 111 Å².